The van der Waals surface area contributed by atoms with Gasteiger partial charge in [-0.2, -0.15) is 0 Å². The maximum atomic E-state index is 10.5. The fourth-order valence-corrected chi connectivity index (χ4v) is 4.50. The number of allylic oxidation sites excluding steroid dienone is 6. The van der Waals surface area contributed by atoms with Crippen molar-refractivity contribution in [3.63, 3.8) is 0 Å². The third kappa shape index (κ3) is 2.88. The maximum absolute atomic E-state index is 10.5. The number of hydrogen-bond donors (Lipinski definition) is 1. The second kappa shape index (κ2) is 7.52. The van der Waals surface area contributed by atoms with Gasteiger partial charge in [0.1, 0.15) is 5.76 Å². The summed E-state index contributed by atoms with van der Waals surface area (Å²) in [5, 5.41) is 10.5. The molecule has 0 saturated heterocycles. The molecule has 0 saturated carbocycles. The zero-order valence-corrected chi connectivity index (χ0v) is 16.4. The number of hydrogen-bond acceptors (Lipinski definition) is 1. The van der Waals surface area contributed by atoms with Crippen LogP contribution in [0.4, 0.5) is 0 Å². The Morgan fingerprint density at radius 1 is 0.929 bits per heavy atom. The van der Waals surface area contributed by atoms with E-state index >= 15 is 0 Å². The minimum atomic E-state index is 0.111. The van der Waals surface area contributed by atoms with Gasteiger partial charge in [-0.15, -0.1) is 13.2 Å². The second-order valence-corrected chi connectivity index (χ2v) is 7.42. The van der Waals surface area contributed by atoms with E-state index in [-0.39, 0.29) is 5.92 Å². The quantitative estimate of drug-likeness (QED) is 0.474. The van der Waals surface area contributed by atoms with E-state index in [4.69, 9.17) is 0 Å². The first kappa shape index (κ1) is 18.3. The molecule has 1 heteroatoms. The third-order valence-corrected chi connectivity index (χ3v) is 5.85. The van der Waals surface area contributed by atoms with E-state index < -0.39 is 0 Å². The van der Waals surface area contributed by atoms with Crippen LogP contribution in [0.25, 0.3) is 16.7 Å². The largest absolute Gasteiger partial charge is 0.508 e. The number of aryl methyl sites for hydroxylation is 1. The van der Waals surface area contributed by atoms with Crippen molar-refractivity contribution < 1.29 is 5.11 Å². The highest BCUT2D eigenvalue weighted by atomic mass is 16.3. The Morgan fingerprint density at radius 2 is 1.68 bits per heavy atom. The number of aliphatic hydroxyl groups excluding tert-OH is 1. The predicted molar refractivity (Wildman–Crippen MR) is 119 cm³/mol. The highest BCUT2D eigenvalue weighted by molar-refractivity contribution is 6.03. The van der Waals surface area contributed by atoms with E-state index in [1.165, 1.54) is 39.0 Å². The van der Waals surface area contributed by atoms with Crippen molar-refractivity contribution >= 4 is 5.57 Å². The molecule has 1 atom stereocenters. The summed E-state index contributed by atoms with van der Waals surface area (Å²) >= 11 is 0. The molecule has 4 rings (SSSR count). The predicted octanol–water partition coefficient (Wildman–Crippen LogP) is 7.18. The molecule has 0 amide bonds. The molecule has 2 aliphatic carbocycles. The van der Waals surface area contributed by atoms with Crippen LogP contribution >= 0.6 is 0 Å². The Balaban J connectivity index is 2.01. The van der Waals surface area contributed by atoms with Crippen molar-refractivity contribution in [2.24, 2.45) is 5.92 Å². The van der Waals surface area contributed by atoms with E-state index in [1.807, 2.05) is 18.2 Å². The average Bonchev–Trinajstić information content (AvgIpc) is 3.04. The van der Waals surface area contributed by atoms with Gasteiger partial charge in [-0.3, -0.25) is 0 Å². The Kier molecular flexibility index (Phi) is 4.92. The van der Waals surface area contributed by atoms with E-state index in [0.717, 1.165) is 18.4 Å². The smallest absolute Gasteiger partial charge is 0.115 e. The van der Waals surface area contributed by atoms with Crippen LogP contribution < -0.4 is 0 Å². The van der Waals surface area contributed by atoms with Crippen LogP contribution in [0.15, 0.2) is 96.8 Å². The van der Waals surface area contributed by atoms with E-state index in [2.05, 4.69) is 68.6 Å². The van der Waals surface area contributed by atoms with Gasteiger partial charge in [0.15, 0.2) is 0 Å². The lowest BCUT2D eigenvalue weighted by molar-refractivity contribution is 0.411. The zero-order valence-electron chi connectivity index (χ0n) is 16.4. The summed E-state index contributed by atoms with van der Waals surface area (Å²) in [5.74, 6) is 0.477. The lowest BCUT2D eigenvalue weighted by Gasteiger charge is -2.26. The monoisotopic (exact) mass is 366 g/mol. The van der Waals surface area contributed by atoms with Gasteiger partial charge in [-0.05, 0) is 69.9 Å². The SMILES string of the molecule is C=CCC1=C(O)C=CC(=C2c3ccccc3-c3ccc(CC)cc32)C1CC=C. The van der Waals surface area contributed by atoms with Gasteiger partial charge in [0.2, 0.25) is 0 Å². The van der Waals surface area contributed by atoms with E-state index in [1.54, 1.807) is 0 Å². The minimum Gasteiger partial charge on any atom is -0.508 e. The summed E-state index contributed by atoms with van der Waals surface area (Å²) in [4.78, 5) is 0. The Hall–Kier alpha value is -3.06. The minimum absolute atomic E-state index is 0.111. The summed E-state index contributed by atoms with van der Waals surface area (Å²) < 4.78 is 0. The van der Waals surface area contributed by atoms with Crippen molar-refractivity contribution in [3.05, 3.63) is 114 Å². The molecule has 0 aliphatic heterocycles. The van der Waals surface area contributed by atoms with E-state index in [9.17, 15) is 5.11 Å². The number of rotatable bonds is 5. The van der Waals surface area contributed by atoms with Crippen molar-refractivity contribution in [2.75, 3.05) is 0 Å². The van der Waals surface area contributed by atoms with Crippen molar-refractivity contribution in [3.8, 4) is 11.1 Å². The molecule has 2 aromatic rings. The van der Waals surface area contributed by atoms with Crippen LogP contribution in [0.3, 0.4) is 0 Å². The highest BCUT2D eigenvalue weighted by Crippen LogP contribution is 2.49. The molecule has 1 unspecified atom stereocenters. The molecule has 0 bridgehead atoms. The number of fused-ring (bicyclic) bond motifs is 3. The molecule has 2 aromatic carbocycles. The second-order valence-electron chi connectivity index (χ2n) is 7.42. The number of aliphatic hydroxyl groups is 1. The molecule has 28 heavy (non-hydrogen) atoms. The Morgan fingerprint density at radius 3 is 2.39 bits per heavy atom. The molecule has 1 N–H and O–H groups in total. The molecule has 0 radical (unpaired) electrons. The van der Waals surface area contributed by atoms with Crippen LogP contribution in [0, 0.1) is 5.92 Å². The zero-order chi connectivity index (χ0) is 19.7. The molecule has 2 aliphatic rings. The van der Waals surface area contributed by atoms with Crippen LogP contribution in [0.2, 0.25) is 0 Å². The van der Waals surface area contributed by atoms with Crippen molar-refractivity contribution in [1.29, 1.82) is 0 Å². The van der Waals surface area contributed by atoms with Crippen molar-refractivity contribution in [1.82, 2.24) is 0 Å². The molecular weight excluding hydrogens is 340 g/mol. The van der Waals surface area contributed by atoms with Gasteiger partial charge in [0.25, 0.3) is 0 Å². The fraction of sp³-hybridized carbons (Fsp3) is 0.185. The van der Waals surface area contributed by atoms with Crippen LogP contribution in [0.1, 0.15) is 36.5 Å². The third-order valence-electron chi connectivity index (χ3n) is 5.85. The summed E-state index contributed by atoms with van der Waals surface area (Å²) in [6.45, 7) is 10.1. The molecule has 0 heterocycles. The maximum Gasteiger partial charge on any atom is 0.115 e. The van der Waals surface area contributed by atoms with Gasteiger partial charge in [-0.1, -0.05) is 67.6 Å². The molecular formula is C27H26O. The lowest BCUT2D eigenvalue weighted by Crippen LogP contribution is -2.13. The topological polar surface area (TPSA) is 20.2 Å². The molecule has 0 aromatic heterocycles. The molecule has 0 fully saturated rings. The van der Waals surface area contributed by atoms with Crippen LogP contribution in [-0.4, -0.2) is 5.11 Å². The van der Waals surface area contributed by atoms with Gasteiger partial charge in [0, 0.05) is 5.92 Å². The van der Waals surface area contributed by atoms with Gasteiger partial charge < -0.3 is 5.11 Å². The van der Waals surface area contributed by atoms with Gasteiger partial charge in [-0.25, -0.2) is 0 Å². The summed E-state index contributed by atoms with van der Waals surface area (Å²) in [7, 11) is 0. The molecule has 0 spiro atoms. The van der Waals surface area contributed by atoms with Gasteiger partial charge in [0.05, 0.1) is 0 Å². The lowest BCUT2D eigenvalue weighted by atomic mass is 9.78. The average molecular weight is 367 g/mol. The van der Waals surface area contributed by atoms with Crippen molar-refractivity contribution in [2.45, 2.75) is 26.2 Å². The summed E-state index contributed by atoms with van der Waals surface area (Å²) in [5.41, 5.74) is 10.1. The highest BCUT2D eigenvalue weighted by Gasteiger charge is 2.31. The van der Waals surface area contributed by atoms with Crippen LogP contribution in [-0.2, 0) is 6.42 Å². The first-order chi connectivity index (χ1) is 13.7. The normalized spacial score (nSPS) is 20.1. The van der Waals surface area contributed by atoms with Crippen LogP contribution in [0.5, 0.6) is 0 Å². The first-order valence-electron chi connectivity index (χ1n) is 9.98. The Labute approximate surface area is 167 Å². The fourth-order valence-electron chi connectivity index (χ4n) is 4.50. The summed E-state index contributed by atoms with van der Waals surface area (Å²) in [6, 6.07) is 15.5. The first-order valence-corrected chi connectivity index (χ1v) is 9.98. The number of benzene rings is 2. The standard InChI is InChI=1S/C27H26O/c1-4-9-19-22(10-5-2)26(28)16-15-24(19)27-23-12-8-7-11-20(23)21-14-13-18(6-3)17-25(21)27/h4-5,7-8,11-17,19,28H,1-2,6,9-10H2,3H3. The molecule has 1 nitrogen and oxygen atoms in total. The summed E-state index contributed by atoms with van der Waals surface area (Å²) in [6.07, 6.45) is 10.2. The van der Waals surface area contributed by atoms with Gasteiger partial charge >= 0.3 is 0 Å². The molecule has 140 valence electrons. The van der Waals surface area contributed by atoms with E-state index in [0.29, 0.717) is 12.2 Å². The Bertz CT molecular complexity index is 1050.